The van der Waals surface area contributed by atoms with Crippen molar-refractivity contribution in [3.63, 3.8) is 0 Å². The highest BCUT2D eigenvalue weighted by Gasteiger charge is 2.23. The number of aryl methyl sites for hydroxylation is 1. The zero-order chi connectivity index (χ0) is 20.6. The van der Waals surface area contributed by atoms with E-state index in [-0.39, 0.29) is 36.1 Å². The molecule has 0 aliphatic carbocycles. The van der Waals surface area contributed by atoms with E-state index in [1.165, 1.54) is 0 Å². The van der Waals surface area contributed by atoms with Gasteiger partial charge in [-0.1, -0.05) is 13.8 Å². The summed E-state index contributed by atoms with van der Waals surface area (Å²) in [6, 6.07) is 0.280. The Morgan fingerprint density at radius 1 is 1.37 bits per heavy atom. The van der Waals surface area contributed by atoms with Crippen LogP contribution in [0.25, 0.3) is 0 Å². The highest BCUT2D eigenvalue weighted by atomic mass is 127. The summed E-state index contributed by atoms with van der Waals surface area (Å²) in [7, 11) is 1.67. The summed E-state index contributed by atoms with van der Waals surface area (Å²) in [5.74, 6) is 3.32. The highest BCUT2D eigenvalue weighted by Crippen LogP contribution is 2.14. The van der Waals surface area contributed by atoms with Crippen LogP contribution in [0.4, 0.5) is 0 Å². The molecule has 0 aromatic carbocycles. The van der Waals surface area contributed by atoms with Crippen LogP contribution in [0, 0.1) is 5.92 Å². The van der Waals surface area contributed by atoms with Crippen LogP contribution in [-0.2, 0) is 29.0 Å². The Morgan fingerprint density at radius 2 is 2.20 bits per heavy atom. The Kier molecular flexibility index (Phi) is 10.8. The van der Waals surface area contributed by atoms with Gasteiger partial charge in [-0.05, 0) is 19.3 Å². The monoisotopic (exact) mass is 535 g/mol. The number of guanidine groups is 1. The molecule has 2 atom stereocenters. The lowest BCUT2D eigenvalue weighted by molar-refractivity contribution is -0.0262. The summed E-state index contributed by atoms with van der Waals surface area (Å²) in [5.41, 5.74) is 0. The zero-order valence-corrected chi connectivity index (χ0v) is 21.1. The second-order valence-corrected chi connectivity index (χ2v) is 8.31. The van der Waals surface area contributed by atoms with Gasteiger partial charge in [0.1, 0.15) is 12.4 Å². The molecule has 2 unspecified atom stereocenters. The van der Waals surface area contributed by atoms with E-state index in [4.69, 9.17) is 14.5 Å². The molecule has 1 saturated heterocycles. The summed E-state index contributed by atoms with van der Waals surface area (Å²) in [6.07, 6.45) is 2.07. The van der Waals surface area contributed by atoms with Gasteiger partial charge in [0, 0.05) is 45.8 Å². The van der Waals surface area contributed by atoms with E-state index >= 15 is 0 Å². The van der Waals surface area contributed by atoms with Crippen LogP contribution < -0.4 is 10.6 Å². The zero-order valence-electron chi connectivity index (χ0n) is 18.8. The summed E-state index contributed by atoms with van der Waals surface area (Å²) < 4.78 is 13.1. The van der Waals surface area contributed by atoms with Gasteiger partial charge in [-0.2, -0.15) is 5.10 Å². The van der Waals surface area contributed by atoms with E-state index in [0.29, 0.717) is 19.1 Å². The number of fused-ring (bicyclic) bond motifs is 1. The Hall–Kier alpha value is -0.980. The third-order valence-electron chi connectivity index (χ3n) is 5.16. The number of hydrogen-bond acceptors (Lipinski definition) is 6. The van der Waals surface area contributed by atoms with E-state index < -0.39 is 0 Å². The molecule has 9 nitrogen and oxygen atoms in total. The maximum Gasteiger partial charge on any atom is 0.191 e. The standard InChI is InChI=1S/C20H37N7O2.HI/c1-5-21-20(22-10-17-13-26(8-9-29-17)11-15(2)3)23-16-6-7-19-24-18(14-28-4)25-27(19)12-16;/h15-17H,5-14H2,1-4H3,(H2,21,22,23);1H. The normalized spacial score (nSPS) is 22.5. The van der Waals surface area contributed by atoms with Crippen molar-refractivity contribution in [2.24, 2.45) is 10.9 Å². The van der Waals surface area contributed by atoms with Crippen molar-refractivity contribution in [3.8, 4) is 0 Å². The molecule has 172 valence electrons. The molecule has 1 fully saturated rings. The number of aliphatic imine (C=N–C) groups is 1. The third-order valence-corrected chi connectivity index (χ3v) is 5.16. The van der Waals surface area contributed by atoms with E-state index in [9.17, 15) is 0 Å². The quantitative estimate of drug-likeness (QED) is 0.295. The molecule has 0 amide bonds. The van der Waals surface area contributed by atoms with Crippen molar-refractivity contribution in [3.05, 3.63) is 11.6 Å². The van der Waals surface area contributed by atoms with Crippen LogP contribution >= 0.6 is 24.0 Å². The van der Waals surface area contributed by atoms with Crippen LogP contribution in [-0.4, -0.2) is 84.2 Å². The number of nitrogens with one attached hydrogen (secondary N) is 2. The lowest BCUT2D eigenvalue weighted by Gasteiger charge is -2.33. The number of rotatable bonds is 8. The van der Waals surface area contributed by atoms with Gasteiger partial charge < -0.3 is 20.1 Å². The van der Waals surface area contributed by atoms with Crippen LogP contribution in [0.1, 0.15) is 38.8 Å². The smallest absolute Gasteiger partial charge is 0.191 e. The fourth-order valence-electron chi connectivity index (χ4n) is 3.95. The maximum atomic E-state index is 5.94. The highest BCUT2D eigenvalue weighted by molar-refractivity contribution is 14.0. The molecule has 0 radical (unpaired) electrons. The van der Waals surface area contributed by atoms with E-state index in [1.807, 2.05) is 4.68 Å². The molecule has 30 heavy (non-hydrogen) atoms. The number of morpholine rings is 1. The van der Waals surface area contributed by atoms with Crippen molar-refractivity contribution >= 4 is 29.9 Å². The molecule has 2 aliphatic rings. The number of nitrogens with zero attached hydrogens (tertiary/aromatic N) is 5. The number of aromatic nitrogens is 3. The predicted octanol–water partition coefficient (Wildman–Crippen LogP) is 1.27. The summed E-state index contributed by atoms with van der Waals surface area (Å²) in [4.78, 5) is 11.8. The molecule has 0 saturated carbocycles. The van der Waals surface area contributed by atoms with Crippen LogP contribution in [0.5, 0.6) is 0 Å². The minimum absolute atomic E-state index is 0. The van der Waals surface area contributed by atoms with Gasteiger partial charge >= 0.3 is 0 Å². The minimum Gasteiger partial charge on any atom is -0.377 e. The van der Waals surface area contributed by atoms with Crippen LogP contribution in [0.3, 0.4) is 0 Å². The Labute approximate surface area is 197 Å². The molecule has 1 aromatic heterocycles. The van der Waals surface area contributed by atoms with Crippen LogP contribution in [0.15, 0.2) is 4.99 Å². The first-order valence-corrected chi connectivity index (χ1v) is 10.9. The van der Waals surface area contributed by atoms with Gasteiger partial charge in [0.2, 0.25) is 0 Å². The SMILES string of the molecule is CCNC(=NCC1CN(CC(C)C)CCO1)NC1CCc2nc(COC)nn2C1.I. The van der Waals surface area contributed by atoms with Gasteiger partial charge in [-0.3, -0.25) is 9.89 Å². The number of hydrogen-bond donors (Lipinski definition) is 2. The Balaban J connectivity index is 0.00000320. The lowest BCUT2D eigenvalue weighted by atomic mass is 10.1. The third kappa shape index (κ3) is 7.61. The maximum absolute atomic E-state index is 5.94. The number of ether oxygens (including phenoxy) is 2. The molecule has 10 heteroatoms. The van der Waals surface area contributed by atoms with Crippen molar-refractivity contribution < 1.29 is 9.47 Å². The van der Waals surface area contributed by atoms with Gasteiger partial charge in [0.25, 0.3) is 0 Å². The topological polar surface area (TPSA) is 88.8 Å². The Morgan fingerprint density at radius 3 is 2.93 bits per heavy atom. The molecule has 2 aliphatic heterocycles. The minimum atomic E-state index is 0. The summed E-state index contributed by atoms with van der Waals surface area (Å²) in [6.45, 7) is 13.2. The fourth-order valence-corrected chi connectivity index (χ4v) is 3.95. The van der Waals surface area contributed by atoms with E-state index in [0.717, 1.165) is 69.8 Å². The first-order valence-electron chi connectivity index (χ1n) is 10.9. The molecular formula is C20H38IN7O2. The lowest BCUT2D eigenvalue weighted by Crippen LogP contribution is -2.48. The average molecular weight is 535 g/mol. The van der Waals surface area contributed by atoms with Gasteiger partial charge in [-0.25, -0.2) is 9.67 Å². The molecule has 1 aromatic rings. The Bertz CT molecular complexity index is 668. The van der Waals surface area contributed by atoms with E-state index in [1.54, 1.807) is 7.11 Å². The van der Waals surface area contributed by atoms with Crippen molar-refractivity contribution in [2.45, 2.75) is 58.9 Å². The summed E-state index contributed by atoms with van der Waals surface area (Å²) >= 11 is 0. The molecule has 3 heterocycles. The van der Waals surface area contributed by atoms with Crippen molar-refractivity contribution in [1.82, 2.24) is 30.3 Å². The van der Waals surface area contributed by atoms with Gasteiger partial charge in [-0.15, -0.1) is 24.0 Å². The molecular weight excluding hydrogens is 497 g/mol. The van der Waals surface area contributed by atoms with Gasteiger partial charge in [0.05, 0.1) is 25.8 Å². The number of halogens is 1. The van der Waals surface area contributed by atoms with E-state index in [2.05, 4.69) is 46.4 Å². The van der Waals surface area contributed by atoms with Crippen molar-refractivity contribution in [1.29, 1.82) is 0 Å². The largest absolute Gasteiger partial charge is 0.377 e. The predicted molar refractivity (Wildman–Crippen MR) is 128 cm³/mol. The van der Waals surface area contributed by atoms with Crippen molar-refractivity contribution in [2.75, 3.05) is 46.4 Å². The first kappa shape index (κ1) is 25.3. The second-order valence-electron chi connectivity index (χ2n) is 8.31. The summed E-state index contributed by atoms with van der Waals surface area (Å²) in [5, 5.41) is 11.5. The fraction of sp³-hybridized carbons (Fsp3) is 0.850. The average Bonchev–Trinajstić information content (AvgIpc) is 3.08. The molecule has 3 rings (SSSR count). The first-order chi connectivity index (χ1) is 14.1. The number of methoxy groups -OCH3 is 1. The molecule has 0 spiro atoms. The van der Waals surface area contributed by atoms with Crippen LogP contribution in [0.2, 0.25) is 0 Å². The molecule has 0 bridgehead atoms. The molecule has 2 N–H and O–H groups in total. The van der Waals surface area contributed by atoms with Gasteiger partial charge in [0.15, 0.2) is 11.8 Å². The second kappa shape index (κ2) is 12.8.